The summed E-state index contributed by atoms with van der Waals surface area (Å²) in [6.07, 6.45) is 4.00. The monoisotopic (exact) mass is 756 g/mol. The number of hydrogen-bond donors (Lipinski definition) is 1. The van der Waals surface area contributed by atoms with Crippen LogP contribution in [0.2, 0.25) is 19.6 Å². The third-order valence-electron chi connectivity index (χ3n) is 10.8. The third kappa shape index (κ3) is 7.47. The second-order valence-corrected chi connectivity index (χ2v) is 24.4. The van der Waals surface area contributed by atoms with Crippen molar-refractivity contribution in [2.24, 2.45) is 0 Å². The van der Waals surface area contributed by atoms with E-state index >= 15 is 0 Å². The molecule has 0 radical (unpaired) electrons. The van der Waals surface area contributed by atoms with Crippen molar-refractivity contribution < 1.29 is 5.11 Å². The van der Waals surface area contributed by atoms with Crippen LogP contribution in [-0.4, -0.2) is 32.7 Å². The van der Waals surface area contributed by atoms with E-state index in [1.165, 1.54) is 21.9 Å². The summed E-state index contributed by atoms with van der Waals surface area (Å²) in [7, 11) is -1.71. The molecule has 0 bridgehead atoms. The average Bonchev–Trinajstić information content (AvgIpc) is 3.53. The number of nitrogens with zero attached hydrogens (tertiary/aromatic N) is 4. The number of aromatic nitrogens is 4. The Bertz CT molecular complexity index is 2560. The summed E-state index contributed by atoms with van der Waals surface area (Å²) in [5, 5.41) is 13.5. The molecule has 7 rings (SSSR count). The van der Waals surface area contributed by atoms with Gasteiger partial charge in [-0.2, -0.15) is 0 Å². The first-order valence-electron chi connectivity index (χ1n) is 19.8. The summed E-state index contributed by atoms with van der Waals surface area (Å²) in [5.41, 5.74) is 12.3. The Hall–Kier alpha value is -5.33. The van der Waals surface area contributed by atoms with Crippen LogP contribution in [0.1, 0.15) is 79.0 Å². The smallest absolute Gasteiger partial charge is 0.165 e. The van der Waals surface area contributed by atoms with Crippen LogP contribution >= 0.6 is 0 Å². The average molecular weight is 757 g/mol. The number of phenols is 1. The maximum absolute atomic E-state index is 12.1. The zero-order valence-corrected chi connectivity index (χ0v) is 36.2. The Morgan fingerprint density at radius 3 is 1.79 bits per heavy atom. The molecular weight excluding hydrogens is 701 g/mol. The summed E-state index contributed by atoms with van der Waals surface area (Å²) in [4.78, 5) is 15.6. The highest BCUT2D eigenvalue weighted by molar-refractivity contribution is 6.89. The number of rotatable bonds is 6. The summed E-state index contributed by atoms with van der Waals surface area (Å²) < 4.78 is 2.10. The fraction of sp³-hybridized carbons (Fsp3) is 0.300. The van der Waals surface area contributed by atoms with Gasteiger partial charge in [0.1, 0.15) is 11.3 Å². The van der Waals surface area contributed by atoms with Gasteiger partial charge in [-0.3, -0.25) is 9.55 Å². The summed E-state index contributed by atoms with van der Waals surface area (Å²) in [5.74, 6) is 0.905. The molecular formula is C50H56N4OSi. The van der Waals surface area contributed by atoms with Crippen molar-refractivity contribution in [2.45, 2.75) is 98.2 Å². The van der Waals surface area contributed by atoms with Gasteiger partial charge in [-0.05, 0) is 91.7 Å². The molecule has 0 saturated heterocycles. The maximum atomic E-state index is 12.1. The van der Waals surface area contributed by atoms with E-state index in [0.717, 1.165) is 50.4 Å². The molecule has 1 N–H and O–H groups in total. The molecule has 0 aliphatic heterocycles. The van der Waals surface area contributed by atoms with E-state index in [1.54, 1.807) is 0 Å². The molecule has 0 atom stereocenters. The van der Waals surface area contributed by atoms with Crippen molar-refractivity contribution >= 4 is 24.4 Å². The highest BCUT2D eigenvalue weighted by Crippen LogP contribution is 2.44. The molecule has 0 aliphatic carbocycles. The molecule has 6 heteroatoms. The molecule has 4 aromatic carbocycles. The number of hydrogen-bond acceptors (Lipinski definition) is 4. The van der Waals surface area contributed by atoms with Crippen molar-refractivity contribution in [3.63, 3.8) is 0 Å². The van der Waals surface area contributed by atoms with Gasteiger partial charge in [0.15, 0.2) is 11.5 Å². The Morgan fingerprint density at radius 2 is 1.18 bits per heavy atom. The molecule has 0 amide bonds. The minimum Gasteiger partial charge on any atom is -0.507 e. The van der Waals surface area contributed by atoms with Gasteiger partial charge >= 0.3 is 0 Å². The second kappa shape index (κ2) is 14.0. The fourth-order valence-electron chi connectivity index (χ4n) is 7.45. The summed E-state index contributed by atoms with van der Waals surface area (Å²) >= 11 is 0. The van der Waals surface area contributed by atoms with Crippen LogP contribution in [0, 0.1) is 0 Å². The van der Waals surface area contributed by atoms with Crippen LogP contribution in [0.4, 0.5) is 0 Å². The normalized spacial score (nSPS) is 12.7. The van der Waals surface area contributed by atoms with Gasteiger partial charge in [0.05, 0.1) is 19.3 Å². The molecule has 0 saturated carbocycles. The minimum absolute atomic E-state index is 0.130. The van der Waals surface area contributed by atoms with E-state index in [2.05, 4.69) is 178 Å². The van der Waals surface area contributed by atoms with E-state index < -0.39 is 8.07 Å². The predicted molar refractivity (Wildman–Crippen MR) is 239 cm³/mol. The van der Waals surface area contributed by atoms with E-state index in [1.807, 2.05) is 24.4 Å². The molecule has 3 aromatic heterocycles. The van der Waals surface area contributed by atoms with E-state index in [9.17, 15) is 5.11 Å². The lowest BCUT2D eigenvalue weighted by molar-refractivity contribution is 0.446. The number of phenolic OH excluding ortho intramolecular Hbond substituents is 1. The predicted octanol–water partition coefficient (Wildman–Crippen LogP) is 12.6. The van der Waals surface area contributed by atoms with E-state index in [0.29, 0.717) is 11.4 Å². The molecule has 0 fully saturated rings. The second-order valence-electron chi connectivity index (χ2n) is 19.3. The van der Waals surface area contributed by atoms with Gasteiger partial charge < -0.3 is 5.11 Å². The fourth-order valence-corrected chi connectivity index (χ4v) is 8.93. The van der Waals surface area contributed by atoms with Crippen LogP contribution in [0.5, 0.6) is 5.75 Å². The first-order chi connectivity index (χ1) is 26.2. The first-order valence-corrected chi connectivity index (χ1v) is 23.3. The van der Waals surface area contributed by atoms with Crippen LogP contribution in [-0.2, 0) is 16.2 Å². The van der Waals surface area contributed by atoms with E-state index in [-0.39, 0.29) is 22.0 Å². The molecule has 0 spiro atoms. The highest BCUT2D eigenvalue weighted by Gasteiger charge is 2.29. The van der Waals surface area contributed by atoms with Crippen molar-refractivity contribution in [3.8, 4) is 56.3 Å². The number of para-hydroxylation sites is 1. The number of benzene rings is 4. The first kappa shape index (κ1) is 38.9. The highest BCUT2D eigenvalue weighted by atomic mass is 28.3. The number of fused-ring (bicyclic) bond motifs is 1. The number of aromatic hydroxyl groups is 1. The lowest BCUT2D eigenvalue weighted by atomic mass is 9.79. The largest absolute Gasteiger partial charge is 0.507 e. The number of pyridine rings is 2. The standard InChI is InChI=1S/C50H56N4OSi/c1-48(2,3)35-26-33(25-34(27-35)42-30-39(32-19-15-13-16-20-32)43(31-52-42)56(10,11)12)38-23-24-51-47-44(38)53-46(54(47)37-21-17-14-18-22-37)40-28-36(49(4,5)6)29-41(45(40)55)50(7,8)9/h13-31,55H,1-12H3. The molecule has 0 aliphatic rings. The van der Waals surface area contributed by atoms with Crippen LogP contribution < -0.4 is 5.19 Å². The quantitative estimate of drug-likeness (QED) is 0.172. The zero-order valence-electron chi connectivity index (χ0n) is 35.2. The SMILES string of the molecule is CC(C)(C)c1cc(-c2cc(-c3ccccc3)c([Si](C)(C)C)cn2)cc(-c2ccnc3c2nc(-c2cc(C(C)(C)C)cc(C(C)(C)C)c2O)n3-c2ccccc2)c1. The summed E-state index contributed by atoms with van der Waals surface area (Å²) in [6, 6.07) is 36.4. The van der Waals surface area contributed by atoms with Crippen molar-refractivity contribution in [3.05, 3.63) is 132 Å². The molecule has 56 heavy (non-hydrogen) atoms. The van der Waals surface area contributed by atoms with Gasteiger partial charge in [-0.1, -0.05) is 143 Å². The van der Waals surface area contributed by atoms with Gasteiger partial charge in [0, 0.05) is 34.8 Å². The van der Waals surface area contributed by atoms with Gasteiger partial charge in [0.25, 0.3) is 0 Å². The Kier molecular flexibility index (Phi) is 9.73. The van der Waals surface area contributed by atoms with Crippen molar-refractivity contribution in [1.29, 1.82) is 0 Å². The van der Waals surface area contributed by atoms with Crippen LogP contribution in [0.25, 0.3) is 61.8 Å². The molecule has 5 nitrogen and oxygen atoms in total. The Morgan fingerprint density at radius 1 is 0.571 bits per heavy atom. The van der Waals surface area contributed by atoms with Crippen LogP contribution in [0.3, 0.4) is 0 Å². The lowest BCUT2D eigenvalue weighted by Crippen LogP contribution is -2.39. The summed E-state index contributed by atoms with van der Waals surface area (Å²) in [6.45, 7) is 27.0. The van der Waals surface area contributed by atoms with Crippen LogP contribution in [0.15, 0.2) is 116 Å². The van der Waals surface area contributed by atoms with Gasteiger partial charge in [0.2, 0.25) is 0 Å². The molecule has 0 unspecified atom stereocenters. The minimum atomic E-state index is -1.71. The third-order valence-corrected chi connectivity index (χ3v) is 12.8. The number of imidazole rings is 1. The van der Waals surface area contributed by atoms with Crippen molar-refractivity contribution in [2.75, 3.05) is 0 Å². The Labute approximate surface area is 334 Å². The maximum Gasteiger partial charge on any atom is 0.165 e. The van der Waals surface area contributed by atoms with E-state index in [4.69, 9.17) is 15.0 Å². The topological polar surface area (TPSA) is 63.8 Å². The van der Waals surface area contributed by atoms with Gasteiger partial charge in [-0.25, -0.2) is 9.97 Å². The molecule has 7 aromatic rings. The zero-order chi connectivity index (χ0) is 40.4. The molecule has 286 valence electrons. The molecule has 3 heterocycles. The van der Waals surface area contributed by atoms with Crippen molar-refractivity contribution in [1.82, 2.24) is 19.5 Å². The Balaban J connectivity index is 1.52. The van der Waals surface area contributed by atoms with Gasteiger partial charge in [-0.15, -0.1) is 0 Å². The lowest BCUT2D eigenvalue weighted by Gasteiger charge is -2.27.